The van der Waals surface area contributed by atoms with Gasteiger partial charge in [-0.05, 0) is 75.2 Å². The maximum atomic E-state index is 12.2. The number of nitrogens with zero attached hydrogens (tertiary/aromatic N) is 2. The average molecular weight is 455 g/mol. The lowest BCUT2D eigenvalue weighted by atomic mass is 9.78. The second kappa shape index (κ2) is 7.92. The van der Waals surface area contributed by atoms with E-state index in [0.29, 0.717) is 11.3 Å². The molecule has 28 heavy (non-hydrogen) atoms. The van der Waals surface area contributed by atoms with Crippen LogP contribution in [0.2, 0.25) is 0 Å². The maximum Gasteiger partial charge on any atom is 0.337 e. The van der Waals surface area contributed by atoms with Gasteiger partial charge in [0.1, 0.15) is 0 Å². The van der Waals surface area contributed by atoms with Crippen LogP contribution in [0.5, 0.6) is 0 Å². The molecule has 0 saturated carbocycles. The van der Waals surface area contributed by atoms with E-state index in [-0.39, 0.29) is 5.41 Å². The summed E-state index contributed by atoms with van der Waals surface area (Å²) in [6.45, 7) is 12.9. The number of carboxylic acids is 1. The number of carbonyl (C=O) groups is 1. The fourth-order valence-electron chi connectivity index (χ4n) is 4.28. The minimum atomic E-state index is -1.06. The maximum absolute atomic E-state index is 12.2. The summed E-state index contributed by atoms with van der Waals surface area (Å²) in [5.41, 5.74) is 2.83. The Morgan fingerprint density at radius 2 is 1.89 bits per heavy atom. The molecule has 0 radical (unpaired) electrons. The number of aromatic nitrogens is 1. The summed E-state index contributed by atoms with van der Waals surface area (Å²) >= 11 is 3.70. The summed E-state index contributed by atoms with van der Waals surface area (Å²) in [7, 11) is 0. The number of hydrogen-bond donors (Lipinski definition) is 1. The number of halogens is 1. The Hall–Kier alpha value is -1.18. The molecule has 1 aromatic heterocycles. The normalized spacial score (nSPS) is 20.6. The summed E-state index contributed by atoms with van der Waals surface area (Å²) in [5, 5.41) is 9.96. The van der Waals surface area contributed by atoms with Crippen molar-refractivity contribution in [3.63, 3.8) is 0 Å². The van der Waals surface area contributed by atoms with Crippen molar-refractivity contribution >= 4 is 27.6 Å². The number of carboxylic acid groups (broad SMARTS) is 1. The van der Waals surface area contributed by atoms with E-state index in [4.69, 9.17) is 9.47 Å². The van der Waals surface area contributed by atoms with Crippen LogP contribution in [0.25, 0.3) is 0 Å². The molecule has 1 unspecified atom stereocenters. The molecular weight excluding hydrogens is 424 g/mol. The van der Waals surface area contributed by atoms with Crippen LogP contribution in [-0.4, -0.2) is 48.0 Å². The lowest BCUT2D eigenvalue weighted by molar-refractivity contribution is -0.160. The van der Waals surface area contributed by atoms with Gasteiger partial charge in [-0.1, -0.05) is 0 Å². The predicted molar refractivity (Wildman–Crippen MR) is 112 cm³/mol. The van der Waals surface area contributed by atoms with Crippen molar-refractivity contribution in [2.75, 3.05) is 31.2 Å². The zero-order valence-corrected chi connectivity index (χ0v) is 19.1. The van der Waals surface area contributed by atoms with Gasteiger partial charge in [0.2, 0.25) is 0 Å². The average Bonchev–Trinajstić information content (AvgIpc) is 3.04. The summed E-state index contributed by atoms with van der Waals surface area (Å²) in [4.78, 5) is 19.1. The Kier molecular flexibility index (Phi) is 6.09. The fraction of sp³-hybridized carbons (Fsp3) is 0.714. The Balaban J connectivity index is 2.01. The number of pyridine rings is 1. The highest BCUT2D eigenvalue weighted by atomic mass is 79.9. The SMILES string of the molecule is Cc1nc(C)c(C(OC(C)(C)C)C(=O)O)c(N2CCC3(CCOC3)CC2)c1Br. The first kappa shape index (κ1) is 21.5. The van der Waals surface area contributed by atoms with Gasteiger partial charge in [-0.25, -0.2) is 4.79 Å². The molecule has 1 atom stereocenters. The molecule has 7 heteroatoms. The van der Waals surface area contributed by atoms with Crippen molar-refractivity contribution in [2.45, 2.75) is 65.6 Å². The topological polar surface area (TPSA) is 71.9 Å². The van der Waals surface area contributed by atoms with E-state index in [0.717, 1.165) is 61.4 Å². The van der Waals surface area contributed by atoms with Gasteiger partial charge >= 0.3 is 5.97 Å². The highest BCUT2D eigenvalue weighted by Crippen LogP contribution is 2.45. The van der Waals surface area contributed by atoms with Crippen molar-refractivity contribution in [2.24, 2.45) is 5.41 Å². The quantitative estimate of drug-likeness (QED) is 0.726. The first-order chi connectivity index (χ1) is 13.0. The van der Waals surface area contributed by atoms with Crippen molar-refractivity contribution in [1.82, 2.24) is 4.98 Å². The Morgan fingerprint density at radius 1 is 1.25 bits per heavy atom. The highest BCUT2D eigenvalue weighted by molar-refractivity contribution is 9.10. The van der Waals surface area contributed by atoms with Crippen LogP contribution >= 0.6 is 15.9 Å². The molecule has 2 fully saturated rings. The van der Waals surface area contributed by atoms with Crippen molar-refractivity contribution in [3.05, 3.63) is 21.4 Å². The molecule has 3 heterocycles. The Bertz CT molecular complexity index is 744. The van der Waals surface area contributed by atoms with E-state index >= 15 is 0 Å². The minimum absolute atomic E-state index is 0.286. The van der Waals surface area contributed by atoms with Crippen LogP contribution < -0.4 is 4.90 Å². The van der Waals surface area contributed by atoms with Gasteiger partial charge in [-0.3, -0.25) is 4.98 Å². The van der Waals surface area contributed by atoms with Gasteiger partial charge in [0.15, 0.2) is 6.10 Å². The third-order valence-electron chi connectivity index (χ3n) is 5.79. The van der Waals surface area contributed by atoms with Gasteiger partial charge in [-0.15, -0.1) is 0 Å². The van der Waals surface area contributed by atoms with Gasteiger partial charge in [0.25, 0.3) is 0 Å². The first-order valence-corrected chi connectivity index (χ1v) is 10.7. The van der Waals surface area contributed by atoms with E-state index in [1.807, 2.05) is 34.6 Å². The van der Waals surface area contributed by atoms with Crippen LogP contribution in [0.1, 0.15) is 63.1 Å². The van der Waals surface area contributed by atoms with Crippen LogP contribution in [-0.2, 0) is 14.3 Å². The lowest BCUT2D eigenvalue weighted by Gasteiger charge is -2.41. The zero-order valence-electron chi connectivity index (χ0n) is 17.5. The van der Waals surface area contributed by atoms with Gasteiger partial charge < -0.3 is 19.5 Å². The summed E-state index contributed by atoms with van der Waals surface area (Å²) in [6, 6.07) is 0. The molecule has 0 aromatic carbocycles. The molecule has 0 aliphatic carbocycles. The second-order valence-corrected chi connectivity index (χ2v) is 9.89. The highest BCUT2D eigenvalue weighted by Gasteiger charge is 2.40. The third kappa shape index (κ3) is 4.36. The van der Waals surface area contributed by atoms with E-state index in [1.54, 1.807) is 0 Å². The largest absolute Gasteiger partial charge is 0.479 e. The number of aliphatic carboxylic acids is 1. The molecular formula is C21H31BrN2O4. The van der Waals surface area contributed by atoms with Gasteiger partial charge in [0.05, 0.1) is 28.1 Å². The Morgan fingerprint density at radius 3 is 2.39 bits per heavy atom. The van der Waals surface area contributed by atoms with Crippen LogP contribution in [0.3, 0.4) is 0 Å². The first-order valence-electron chi connectivity index (χ1n) is 9.93. The van der Waals surface area contributed by atoms with Crippen molar-refractivity contribution in [1.29, 1.82) is 0 Å². The molecule has 1 N–H and O–H groups in total. The molecule has 2 saturated heterocycles. The van der Waals surface area contributed by atoms with Gasteiger partial charge in [0, 0.05) is 31.0 Å². The summed E-state index contributed by atoms with van der Waals surface area (Å²) < 4.78 is 12.5. The number of piperidine rings is 1. The zero-order chi connectivity index (χ0) is 20.7. The predicted octanol–water partition coefficient (Wildman–Crippen LogP) is 4.41. The molecule has 156 valence electrons. The molecule has 2 aliphatic heterocycles. The molecule has 2 aliphatic rings. The molecule has 0 bridgehead atoms. The monoisotopic (exact) mass is 454 g/mol. The number of aryl methyl sites for hydroxylation is 2. The minimum Gasteiger partial charge on any atom is -0.479 e. The molecule has 1 aromatic rings. The van der Waals surface area contributed by atoms with Gasteiger partial charge in [-0.2, -0.15) is 0 Å². The van der Waals surface area contributed by atoms with Crippen LogP contribution in [0.15, 0.2) is 4.47 Å². The van der Waals surface area contributed by atoms with Crippen molar-refractivity contribution in [3.8, 4) is 0 Å². The molecule has 0 amide bonds. The van der Waals surface area contributed by atoms with E-state index in [9.17, 15) is 9.90 Å². The van der Waals surface area contributed by atoms with Crippen LogP contribution in [0.4, 0.5) is 5.69 Å². The number of ether oxygens (including phenoxy) is 2. The second-order valence-electron chi connectivity index (χ2n) is 9.10. The fourth-order valence-corrected chi connectivity index (χ4v) is 4.83. The number of rotatable bonds is 4. The standard InChI is InChI=1S/C21H31BrN2O4/c1-13-15(18(19(25)26)28-20(3,4)5)17(16(22)14(2)23-13)24-9-6-21(7-10-24)8-11-27-12-21/h18H,6-12H2,1-5H3,(H,25,26). The number of anilines is 1. The molecule has 1 spiro atoms. The Labute approximate surface area is 175 Å². The summed E-state index contributed by atoms with van der Waals surface area (Å²) in [6.07, 6.45) is 2.16. The molecule has 6 nitrogen and oxygen atoms in total. The smallest absolute Gasteiger partial charge is 0.337 e. The number of hydrogen-bond acceptors (Lipinski definition) is 5. The summed E-state index contributed by atoms with van der Waals surface area (Å²) in [5.74, 6) is -0.991. The third-order valence-corrected chi connectivity index (χ3v) is 6.74. The van der Waals surface area contributed by atoms with E-state index in [1.165, 1.54) is 0 Å². The molecule has 3 rings (SSSR count). The van der Waals surface area contributed by atoms with Crippen molar-refractivity contribution < 1.29 is 19.4 Å². The van der Waals surface area contributed by atoms with E-state index in [2.05, 4.69) is 25.8 Å². The van der Waals surface area contributed by atoms with E-state index < -0.39 is 17.7 Å². The van der Waals surface area contributed by atoms with Crippen LogP contribution in [0, 0.1) is 19.3 Å². The lowest BCUT2D eigenvalue weighted by Crippen LogP contribution is -2.41.